The molecule has 1 aromatic rings. The molecule has 100 valence electrons. The highest BCUT2D eigenvalue weighted by Gasteiger charge is 2.10. The van der Waals surface area contributed by atoms with Crippen LogP contribution in [0.5, 0.6) is 0 Å². The second-order valence-electron chi connectivity index (χ2n) is 4.86. The van der Waals surface area contributed by atoms with E-state index in [4.69, 9.17) is 0 Å². The Labute approximate surface area is 112 Å². The lowest BCUT2D eigenvalue weighted by atomic mass is 10.0. The maximum atomic E-state index is 3.82. The van der Waals surface area contributed by atoms with Crippen LogP contribution in [0.25, 0.3) is 0 Å². The SMILES string of the molecule is C=CCCC(NCCC)c1cccc(N(C)C)c1. The highest BCUT2D eigenvalue weighted by atomic mass is 15.1. The van der Waals surface area contributed by atoms with Gasteiger partial charge in [0.05, 0.1) is 0 Å². The Morgan fingerprint density at radius 3 is 2.78 bits per heavy atom. The zero-order valence-electron chi connectivity index (χ0n) is 11.9. The Morgan fingerprint density at radius 1 is 1.39 bits per heavy atom. The average molecular weight is 246 g/mol. The molecule has 0 saturated heterocycles. The van der Waals surface area contributed by atoms with Crippen LogP contribution >= 0.6 is 0 Å². The Balaban J connectivity index is 2.81. The minimum atomic E-state index is 0.433. The van der Waals surface area contributed by atoms with Gasteiger partial charge in [0, 0.05) is 25.8 Å². The number of nitrogens with one attached hydrogen (secondary N) is 1. The van der Waals surface area contributed by atoms with Gasteiger partial charge in [0.25, 0.3) is 0 Å². The largest absolute Gasteiger partial charge is 0.378 e. The van der Waals surface area contributed by atoms with Crippen molar-refractivity contribution in [1.29, 1.82) is 0 Å². The van der Waals surface area contributed by atoms with Gasteiger partial charge in [-0.3, -0.25) is 0 Å². The van der Waals surface area contributed by atoms with E-state index in [0.717, 1.165) is 25.8 Å². The summed E-state index contributed by atoms with van der Waals surface area (Å²) in [6.07, 6.45) is 5.32. The van der Waals surface area contributed by atoms with Crippen LogP contribution in [0.4, 0.5) is 5.69 Å². The summed E-state index contributed by atoms with van der Waals surface area (Å²) in [6, 6.07) is 9.20. The van der Waals surface area contributed by atoms with Gasteiger partial charge in [-0.25, -0.2) is 0 Å². The van der Waals surface area contributed by atoms with E-state index in [1.165, 1.54) is 11.3 Å². The Kier molecular flexibility index (Phi) is 6.51. The first-order valence-corrected chi connectivity index (χ1v) is 6.80. The maximum Gasteiger partial charge on any atom is 0.0364 e. The van der Waals surface area contributed by atoms with Crippen molar-refractivity contribution in [3.8, 4) is 0 Å². The van der Waals surface area contributed by atoms with Gasteiger partial charge in [-0.05, 0) is 43.5 Å². The number of anilines is 1. The predicted octanol–water partition coefficient (Wildman–Crippen LogP) is 3.76. The summed E-state index contributed by atoms with van der Waals surface area (Å²) in [5.74, 6) is 0. The fraction of sp³-hybridized carbons (Fsp3) is 0.500. The summed E-state index contributed by atoms with van der Waals surface area (Å²) >= 11 is 0. The quantitative estimate of drug-likeness (QED) is 0.703. The molecular formula is C16H26N2. The first kappa shape index (κ1) is 14.8. The Morgan fingerprint density at radius 2 is 2.17 bits per heavy atom. The maximum absolute atomic E-state index is 3.82. The lowest BCUT2D eigenvalue weighted by molar-refractivity contribution is 0.503. The van der Waals surface area contributed by atoms with Crippen molar-refractivity contribution in [3.63, 3.8) is 0 Å². The normalized spacial score (nSPS) is 12.2. The Hall–Kier alpha value is -1.28. The number of rotatable bonds is 8. The molecule has 1 rings (SSSR count). The first-order chi connectivity index (χ1) is 8.69. The molecule has 0 heterocycles. The van der Waals surface area contributed by atoms with Crippen LogP contribution in [0.15, 0.2) is 36.9 Å². The zero-order chi connectivity index (χ0) is 13.4. The van der Waals surface area contributed by atoms with Gasteiger partial charge in [0.2, 0.25) is 0 Å². The van der Waals surface area contributed by atoms with Gasteiger partial charge in [0.1, 0.15) is 0 Å². The summed E-state index contributed by atoms with van der Waals surface area (Å²) in [7, 11) is 4.16. The molecule has 0 saturated carbocycles. The molecule has 1 N–H and O–H groups in total. The van der Waals surface area contributed by atoms with E-state index in [1.54, 1.807) is 0 Å². The minimum Gasteiger partial charge on any atom is -0.378 e. The average Bonchev–Trinajstić information content (AvgIpc) is 2.39. The van der Waals surface area contributed by atoms with Crippen molar-refractivity contribution < 1.29 is 0 Å². The molecule has 18 heavy (non-hydrogen) atoms. The highest BCUT2D eigenvalue weighted by molar-refractivity contribution is 5.47. The molecule has 1 aromatic carbocycles. The van der Waals surface area contributed by atoms with E-state index in [2.05, 4.69) is 62.1 Å². The molecule has 0 bridgehead atoms. The smallest absolute Gasteiger partial charge is 0.0364 e. The van der Waals surface area contributed by atoms with Gasteiger partial charge in [0.15, 0.2) is 0 Å². The molecule has 0 aromatic heterocycles. The molecular weight excluding hydrogens is 220 g/mol. The van der Waals surface area contributed by atoms with Crippen LogP contribution in [0.1, 0.15) is 37.8 Å². The van der Waals surface area contributed by atoms with E-state index >= 15 is 0 Å². The summed E-state index contributed by atoms with van der Waals surface area (Å²) in [4.78, 5) is 2.15. The van der Waals surface area contributed by atoms with Crippen molar-refractivity contribution in [1.82, 2.24) is 5.32 Å². The van der Waals surface area contributed by atoms with Crippen molar-refractivity contribution in [2.45, 2.75) is 32.2 Å². The number of benzene rings is 1. The third-order valence-corrected chi connectivity index (χ3v) is 3.09. The Bertz CT molecular complexity index is 358. The molecule has 2 nitrogen and oxygen atoms in total. The first-order valence-electron chi connectivity index (χ1n) is 6.80. The molecule has 0 aliphatic heterocycles. The van der Waals surface area contributed by atoms with Crippen molar-refractivity contribution in [2.75, 3.05) is 25.5 Å². The van der Waals surface area contributed by atoms with Gasteiger partial charge >= 0.3 is 0 Å². The molecule has 1 unspecified atom stereocenters. The summed E-state index contributed by atoms with van der Waals surface area (Å²) in [5, 5.41) is 3.62. The summed E-state index contributed by atoms with van der Waals surface area (Å²) in [6.45, 7) is 7.08. The summed E-state index contributed by atoms with van der Waals surface area (Å²) in [5.41, 5.74) is 2.63. The molecule has 1 atom stereocenters. The molecule has 0 spiro atoms. The second kappa shape index (κ2) is 7.93. The topological polar surface area (TPSA) is 15.3 Å². The van der Waals surface area contributed by atoms with Crippen molar-refractivity contribution in [3.05, 3.63) is 42.5 Å². The van der Waals surface area contributed by atoms with E-state index < -0.39 is 0 Å². The zero-order valence-corrected chi connectivity index (χ0v) is 11.9. The van der Waals surface area contributed by atoms with Gasteiger partial charge in [-0.1, -0.05) is 25.1 Å². The monoisotopic (exact) mass is 246 g/mol. The molecule has 0 radical (unpaired) electrons. The number of hydrogen-bond acceptors (Lipinski definition) is 2. The predicted molar refractivity (Wildman–Crippen MR) is 81.2 cm³/mol. The van der Waals surface area contributed by atoms with Crippen LogP contribution in [0, 0.1) is 0 Å². The molecule has 0 aliphatic carbocycles. The second-order valence-corrected chi connectivity index (χ2v) is 4.86. The summed E-state index contributed by atoms with van der Waals surface area (Å²) < 4.78 is 0. The third-order valence-electron chi connectivity index (χ3n) is 3.09. The van der Waals surface area contributed by atoms with Crippen LogP contribution in [-0.2, 0) is 0 Å². The van der Waals surface area contributed by atoms with Crippen molar-refractivity contribution in [2.24, 2.45) is 0 Å². The van der Waals surface area contributed by atoms with E-state index in [1.807, 2.05) is 6.08 Å². The number of allylic oxidation sites excluding steroid dienone is 1. The minimum absolute atomic E-state index is 0.433. The van der Waals surface area contributed by atoms with Crippen LogP contribution in [0.2, 0.25) is 0 Å². The molecule has 2 heteroatoms. The molecule has 0 fully saturated rings. The molecule has 0 amide bonds. The van der Waals surface area contributed by atoms with E-state index in [0.29, 0.717) is 6.04 Å². The van der Waals surface area contributed by atoms with E-state index in [9.17, 15) is 0 Å². The fourth-order valence-electron chi connectivity index (χ4n) is 2.01. The number of hydrogen-bond donors (Lipinski definition) is 1. The van der Waals surface area contributed by atoms with Crippen LogP contribution in [-0.4, -0.2) is 20.6 Å². The van der Waals surface area contributed by atoms with Gasteiger partial charge in [-0.15, -0.1) is 6.58 Å². The lowest BCUT2D eigenvalue weighted by Gasteiger charge is -2.21. The van der Waals surface area contributed by atoms with Crippen molar-refractivity contribution >= 4 is 5.69 Å². The highest BCUT2D eigenvalue weighted by Crippen LogP contribution is 2.23. The standard InChI is InChI=1S/C16H26N2/c1-5-7-11-16(17-12-6-2)14-9-8-10-15(13-14)18(3)4/h5,8-10,13,16-17H,1,6-7,11-12H2,2-4H3. The third kappa shape index (κ3) is 4.53. The lowest BCUT2D eigenvalue weighted by Crippen LogP contribution is -2.22. The van der Waals surface area contributed by atoms with Crippen LogP contribution < -0.4 is 10.2 Å². The van der Waals surface area contributed by atoms with Gasteiger partial charge in [-0.2, -0.15) is 0 Å². The number of nitrogens with zero attached hydrogens (tertiary/aromatic N) is 1. The molecule has 0 aliphatic rings. The van der Waals surface area contributed by atoms with E-state index in [-0.39, 0.29) is 0 Å². The fourth-order valence-corrected chi connectivity index (χ4v) is 2.01. The van der Waals surface area contributed by atoms with Crippen LogP contribution in [0.3, 0.4) is 0 Å². The van der Waals surface area contributed by atoms with Gasteiger partial charge < -0.3 is 10.2 Å².